The number of rotatable bonds is 6. The summed E-state index contributed by atoms with van der Waals surface area (Å²) in [7, 11) is 5.84. The Hall–Kier alpha value is -5.77. The standard InChI is InChI=1S/C53H69N3O12/c1-26-18-16-19-27(2)51(63)55-43-46(61)39-38(42-49(43)67-37-25-34(24-35(58)41(37)54-42)20-17-22-56(13,14)52(9,10)11)40-48(32(7)45(39)60)68-53(12,50(40)62)65-23-21-36(64-15)31(6)47(66-33(8)57)30(5)28(3)29(4)44(26)59/h16,18-19,21,23-26,28-31,36,44,47,59H,17,20,22H2,1-15H3,(H2-,54,55,58,60,61,62,63)/p+1/b18-16+,23-21+,27-19-/t26-,28+,29-,30+,31+,36-,44-,47-,53-/m0/s1. The van der Waals surface area contributed by atoms with Crippen molar-refractivity contribution in [3.8, 4) is 28.7 Å². The summed E-state index contributed by atoms with van der Waals surface area (Å²) in [5, 5.41) is 37.3. The van der Waals surface area contributed by atoms with Crippen LogP contribution in [0.4, 0.5) is 5.69 Å². The number of ether oxygens (including phenoxy) is 4. The zero-order valence-corrected chi connectivity index (χ0v) is 42.2. The third-order valence-corrected chi connectivity index (χ3v) is 15.1. The normalized spacial score (nSPS) is 28.3. The highest BCUT2D eigenvalue weighted by atomic mass is 16.7. The molecule has 0 saturated heterocycles. The van der Waals surface area contributed by atoms with Gasteiger partial charge < -0.3 is 48.5 Å². The molecule has 0 unspecified atom stereocenters. The van der Waals surface area contributed by atoms with Gasteiger partial charge in [-0.1, -0.05) is 52.8 Å². The summed E-state index contributed by atoms with van der Waals surface area (Å²) < 4.78 is 31.5. The van der Waals surface area contributed by atoms with Crippen LogP contribution in [0.15, 0.2) is 57.5 Å². The van der Waals surface area contributed by atoms with Crippen LogP contribution in [0.2, 0.25) is 0 Å². The van der Waals surface area contributed by atoms with E-state index in [-0.39, 0.29) is 96.4 Å². The third kappa shape index (κ3) is 9.62. The molecule has 4 aliphatic rings. The number of aliphatic hydroxyl groups excluding tert-OH is 1. The van der Waals surface area contributed by atoms with Crippen LogP contribution in [0.5, 0.6) is 17.2 Å². The number of nitrogens with zero attached hydrogens (tertiary/aromatic N) is 2. The molecule has 1 aliphatic carbocycles. The number of hydrogen-bond donors (Lipinski definition) is 4. The number of anilines is 1. The number of hydrogen-bond acceptors (Lipinski definition) is 13. The number of benzene rings is 3. The minimum Gasteiger partial charge on any atom is -0.507 e. The van der Waals surface area contributed by atoms with Crippen molar-refractivity contribution in [2.75, 3.05) is 33.1 Å². The molecule has 0 radical (unpaired) electrons. The van der Waals surface area contributed by atoms with Crippen molar-refractivity contribution in [2.45, 2.75) is 126 Å². The number of allylic oxidation sites excluding steroid dienone is 2. The molecule has 2 aromatic carbocycles. The maximum absolute atomic E-state index is 14.9. The van der Waals surface area contributed by atoms with Crippen LogP contribution in [0.3, 0.4) is 0 Å². The summed E-state index contributed by atoms with van der Waals surface area (Å²) in [4.78, 5) is 61.1. The minimum absolute atomic E-state index is 0.000444. The van der Waals surface area contributed by atoms with Gasteiger partial charge in [-0.15, -0.1) is 0 Å². The number of aromatic hydroxyl groups is 2. The number of fused-ring (bicyclic) bond motifs is 2. The highest BCUT2D eigenvalue weighted by Gasteiger charge is 2.50. The zero-order valence-electron chi connectivity index (χ0n) is 42.2. The van der Waals surface area contributed by atoms with Crippen LogP contribution < -0.4 is 15.5 Å². The van der Waals surface area contributed by atoms with Crippen LogP contribution in [-0.2, 0) is 30.2 Å². The number of carbonyl (C=O) groups is 3. The summed E-state index contributed by atoms with van der Waals surface area (Å²) in [6, 6.07) is 3.34. The van der Waals surface area contributed by atoms with Gasteiger partial charge in [-0.05, 0) is 82.6 Å². The molecule has 0 spiro atoms. The van der Waals surface area contributed by atoms with E-state index in [2.05, 4.69) is 40.2 Å². The molecule has 4 N–H and O–H groups in total. The van der Waals surface area contributed by atoms with Gasteiger partial charge in [0.15, 0.2) is 11.3 Å². The zero-order chi connectivity index (χ0) is 50.5. The lowest BCUT2D eigenvalue weighted by Crippen LogP contribution is -2.54. The lowest BCUT2D eigenvalue weighted by molar-refractivity contribution is -0.935. The van der Waals surface area contributed by atoms with E-state index in [0.717, 1.165) is 23.0 Å². The molecule has 0 saturated carbocycles. The number of ketones is 1. The molecule has 9 atom stereocenters. The smallest absolute Gasteiger partial charge is 0.312 e. The Morgan fingerprint density at radius 1 is 0.971 bits per heavy atom. The number of esters is 1. The van der Waals surface area contributed by atoms with Gasteiger partial charge in [0.2, 0.25) is 5.43 Å². The first-order valence-electron chi connectivity index (χ1n) is 23.4. The molecule has 15 heteroatoms. The maximum Gasteiger partial charge on any atom is 0.312 e. The first kappa shape index (κ1) is 51.6. The number of nitrogens with one attached hydrogen (secondary N) is 1. The lowest BCUT2D eigenvalue weighted by Gasteiger charge is -2.42. The molecule has 3 aliphatic heterocycles. The first-order valence-corrected chi connectivity index (χ1v) is 23.4. The number of aromatic nitrogens is 1. The van der Waals surface area contributed by atoms with Crippen molar-refractivity contribution in [2.24, 2.45) is 29.6 Å². The fraction of sp³-hybridized carbons (Fsp3) is 0.528. The Balaban J connectivity index is 1.57. The predicted octanol–water partition coefficient (Wildman–Crippen LogP) is 8.74. The summed E-state index contributed by atoms with van der Waals surface area (Å²) in [5.41, 5.74) is -0.311. The van der Waals surface area contributed by atoms with E-state index in [0.29, 0.717) is 6.42 Å². The molecule has 4 bridgehead atoms. The number of carbonyl (C=O) groups excluding carboxylic acids is 3. The van der Waals surface area contributed by atoms with Gasteiger partial charge in [0.25, 0.3) is 11.7 Å². The SMILES string of the molecule is CO[C@H]1/C=C/O[C@@]2(C)Oc3c(C)c(O)c4c(=O)c(c5oc6cc(CCC[N+](C)(C)C(C)(C)C)cc(O)c6nc-5c4c3C2=O)NC(=O)/C(C)=C\C=C\[C@H](C)[C@H](O)[C@@H](C)[C@@H](C)[C@@H](C)[C@H](OC(C)=O)[C@@H]1C. The molecule has 368 valence electrons. The van der Waals surface area contributed by atoms with E-state index in [1.807, 2.05) is 34.6 Å². The number of aryl methyl sites for hydroxylation is 1. The third-order valence-electron chi connectivity index (χ3n) is 15.1. The van der Waals surface area contributed by atoms with Gasteiger partial charge in [-0.3, -0.25) is 19.2 Å². The average Bonchev–Trinajstić information content (AvgIpc) is 3.53. The van der Waals surface area contributed by atoms with E-state index in [4.69, 9.17) is 28.3 Å². The van der Waals surface area contributed by atoms with E-state index in [1.54, 1.807) is 43.4 Å². The monoisotopic (exact) mass is 940 g/mol. The number of methoxy groups -OCH3 is 1. The average molecular weight is 941 g/mol. The largest absolute Gasteiger partial charge is 0.507 e. The fourth-order valence-electron chi connectivity index (χ4n) is 9.32. The lowest BCUT2D eigenvalue weighted by atomic mass is 9.73. The van der Waals surface area contributed by atoms with Crippen molar-refractivity contribution in [1.29, 1.82) is 0 Å². The summed E-state index contributed by atoms with van der Waals surface area (Å²) in [6.45, 7) is 22.8. The maximum atomic E-state index is 14.9. The molecular formula is C53H70N3O12+. The molecule has 3 heterocycles. The van der Waals surface area contributed by atoms with Gasteiger partial charge >= 0.3 is 11.8 Å². The highest BCUT2D eigenvalue weighted by molar-refractivity contribution is 6.22. The van der Waals surface area contributed by atoms with E-state index < -0.39 is 58.9 Å². The Morgan fingerprint density at radius 3 is 2.28 bits per heavy atom. The van der Waals surface area contributed by atoms with Crippen LogP contribution in [0.1, 0.15) is 104 Å². The summed E-state index contributed by atoms with van der Waals surface area (Å²) >= 11 is 0. The molecule has 0 fully saturated rings. The van der Waals surface area contributed by atoms with Crippen molar-refractivity contribution < 1.29 is 57.6 Å². The molecule has 6 rings (SSSR count). The molecule has 0 aromatic heterocycles. The summed E-state index contributed by atoms with van der Waals surface area (Å²) in [6.07, 6.45) is 7.02. The molecule has 2 aromatic rings. The van der Waals surface area contributed by atoms with Crippen molar-refractivity contribution in [1.82, 2.24) is 4.98 Å². The van der Waals surface area contributed by atoms with Crippen LogP contribution in [0.25, 0.3) is 33.3 Å². The molecular weight excluding hydrogens is 871 g/mol. The fourth-order valence-corrected chi connectivity index (χ4v) is 9.32. The van der Waals surface area contributed by atoms with Crippen LogP contribution >= 0.6 is 0 Å². The number of phenols is 2. The van der Waals surface area contributed by atoms with Gasteiger partial charge in [0, 0.05) is 55.7 Å². The van der Waals surface area contributed by atoms with Crippen molar-refractivity contribution in [3.05, 3.63) is 75.2 Å². The molecule has 1 amide bonds. The Morgan fingerprint density at radius 2 is 1.65 bits per heavy atom. The number of Topliss-reactive ketones (excluding diaryl/α,β-unsaturated/α-hetero) is 1. The summed E-state index contributed by atoms with van der Waals surface area (Å²) in [5.74, 6) is -6.44. The van der Waals surface area contributed by atoms with Crippen molar-refractivity contribution >= 4 is 45.2 Å². The Bertz CT molecular complexity index is 2740. The Labute approximate surface area is 398 Å². The van der Waals surface area contributed by atoms with E-state index >= 15 is 0 Å². The van der Waals surface area contributed by atoms with Crippen molar-refractivity contribution in [3.63, 3.8) is 0 Å². The number of aliphatic hydroxyl groups is 1. The second kappa shape index (κ2) is 19.3. The minimum atomic E-state index is -2.04. The predicted molar refractivity (Wildman–Crippen MR) is 261 cm³/mol. The van der Waals surface area contributed by atoms with Gasteiger partial charge in [-0.25, -0.2) is 4.98 Å². The first-order chi connectivity index (χ1) is 31.6. The molecule has 68 heavy (non-hydrogen) atoms. The van der Waals surface area contributed by atoms with E-state index in [1.165, 1.54) is 34.1 Å². The second-order valence-electron chi connectivity index (χ2n) is 20.7. The number of phenolic OH excluding ortho intramolecular Hbond substituents is 2. The number of quaternary nitrogens is 1. The van der Waals surface area contributed by atoms with Crippen LogP contribution in [-0.4, -0.2) is 99.8 Å². The van der Waals surface area contributed by atoms with Gasteiger partial charge in [-0.2, -0.15) is 0 Å². The topological polar surface area (TPSA) is 204 Å². The molecule has 15 nitrogen and oxygen atoms in total. The second-order valence-corrected chi connectivity index (χ2v) is 20.7. The Kier molecular flexibility index (Phi) is 14.7. The van der Waals surface area contributed by atoms with Gasteiger partial charge in [0.05, 0.1) is 55.6 Å². The number of amides is 1. The quantitative estimate of drug-likeness (QED) is 0.0619. The van der Waals surface area contributed by atoms with Gasteiger partial charge in [0.1, 0.15) is 40.3 Å². The highest BCUT2D eigenvalue weighted by Crippen LogP contribution is 2.51. The van der Waals surface area contributed by atoms with Crippen LogP contribution in [0, 0.1) is 36.5 Å². The van der Waals surface area contributed by atoms with E-state index in [9.17, 15) is 34.5 Å².